The lowest BCUT2D eigenvalue weighted by Gasteiger charge is -2.11. The summed E-state index contributed by atoms with van der Waals surface area (Å²) >= 11 is 0. The maximum atomic E-state index is 11.4. The predicted octanol–water partition coefficient (Wildman–Crippen LogP) is -1.63. The van der Waals surface area contributed by atoms with Gasteiger partial charge in [-0.05, 0) is 6.07 Å². The Bertz CT molecular complexity index is 418. The molecule has 0 bridgehead atoms. The van der Waals surface area contributed by atoms with E-state index in [1.54, 1.807) is 6.07 Å². The lowest BCUT2D eigenvalue weighted by atomic mass is 10.3. The van der Waals surface area contributed by atoms with Crippen LogP contribution in [-0.2, 0) is 16.1 Å². The van der Waals surface area contributed by atoms with E-state index in [1.807, 2.05) is 0 Å². The summed E-state index contributed by atoms with van der Waals surface area (Å²) in [6.45, 7) is 0.112. The van der Waals surface area contributed by atoms with Crippen LogP contribution in [0.25, 0.3) is 0 Å². The summed E-state index contributed by atoms with van der Waals surface area (Å²) in [5.41, 5.74) is -0.486. The van der Waals surface area contributed by atoms with Crippen LogP contribution in [0.5, 0.6) is 0 Å². The molecule has 1 aromatic rings. The van der Waals surface area contributed by atoms with Gasteiger partial charge in [-0.1, -0.05) is 0 Å². The number of carbonyl (C=O) groups is 1. The van der Waals surface area contributed by atoms with Crippen molar-refractivity contribution in [3.63, 3.8) is 0 Å². The fraction of sp³-hybridized carbons (Fsp3) is 0.500. The van der Waals surface area contributed by atoms with E-state index in [2.05, 4.69) is 10.3 Å². The van der Waals surface area contributed by atoms with Crippen LogP contribution >= 0.6 is 0 Å². The minimum absolute atomic E-state index is 0.0850. The van der Waals surface area contributed by atoms with Gasteiger partial charge < -0.3 is 15.2 Å². The summed E-state index contributed by atoms with van der Waals surface area (Å²) in [4.78, 5) is 26.1. The van der Waals surface area contributed by atoms with Crippen LogP contribution in [0.4, 0.5) is 0 Å². The maximum absolute atomic E-state index is 11.4. The number of aliphatic hydroxyl groups is 1. The molecule has 0 saturated carbocycles. The highest BCUT2D eigenvalue weighted by atomic mass is 16.5. The average molecular weight is 241 g/mol. The Morgan fingerprint density at radius 2 is 2.47 bits per heavy atom. The lowest BCUT2D eigenvalue weighted by molar-refractivity contribution is -0.122. The van der Waals surface area contributed by atoms with Gasteiger partial charge in [-0.3, -0.25) is 9.36 Å². The topological polar surface area (TPSA) is 93.4 Å². The van der Waals surface area contributed by atoms with Gasteiger partial charge in [0.15, 0.2) is 0 Å². The number of ether oxygens (including phenoxy) is 1. The third-order valence-corrected chi connectivity index (χ3v) is 1.99. The van der Waals surface area contributed by atoms with Crippen molar-refractivity contribution in [2.24, 2.45) is 0 Å². The highest BCUT2D eigenvalue weighted by Gasteiger charge is 2.07. The van der Waals surface area contributed by atoms with Gasteiger partial charge in [-0.2, -0.15) is 0 Å². The van der Waals surface area contributed by atoms with Crippen LogP contribution in [0, 0.1) is 0 Å². The zero-order chi connectivity index (χ0) is 12.7. The van der Waals surface area contributed by atoms with Gasteiger partial charge >= 0.3 is 5.69 Å². The van der Waals surface area contributed by atoms with Crippen molar-refractivity contribution >= 4 is 5.91 Å². The molecule has 1 unspecified atom stereocenters. The van der Waals surface area contributed by atoms with Crippen LogP contribution in [0.2, 0.25) is 0 Å². The average Bonchev–Trinajstić information content (AvgIpc) is 2.30. The Kier molecular flexibility index (Phi) is 5.31. The molecule has 0 aliphatic rings. The molecule has 1 heterocycles. The smallest absolute Gasteiger partial charge is 0.347 e. The summed E-state index contributed by atoms with van der Waals surface area (Å²) in [7, 11) is 1.46. The van der Waals surface area contributed by atoms with Gasteiger partial charge in [0.1, 0.15) is 6.54 Å². The molecule has 7 nitrogen and oxygen atoms in total. The summed E-state index contributed by atoms with van der Waals surface area (Å²) in [6.07, 6.45) is 2.08. The van der Waals surface area contributed by atoms with E-state index in [4.69, 9.17) is 4.74 Å². The Hall–Kier alpha value is -1.73. The second kappa shape index (κ2) is 6.77. The summed E-state index contributed by atoms with van der Waals surface area (Å²) < 4.78 is 5.89. The van der Waals surface area contributed by atoms with E-state index < -0.39 is 11.8 Å². The highest BCUT2D eigenvalue weighted by molar-refractivity contribution is 5.75. The van der Waals surface area contributed by atoms with Gasteiger partial charge in [0.2, 0.25) is 5.91 Å². The number of nitrogens with zero attached hydrogens (tertiary/aromatic N) is 2. The van der Waals surface area contributed by atoms with Crippen molar-refractivity contribution in [3.8, 4) is 0 Å². The van der Waals surface area contributed by atoms with Crippen molar-refractivity contribution in [2.75, 3.05) is 20.3 Å². The van der Waals surface area contributed by atoms with Gasteiger partial charge in [0.25, 0.3) is 0 Å². The normalized spacial score (nSPS) is 12.1. The van der Waals surface area contributed by atoms with Crippen LogP contribution in [0.1, 0.15) is 0 Å². The SMILES string of the molecule is COCC(O)CNC(=O)Cn1cccnc1=O. The zero-order valence-corrected chi connectivity index (χ0v) is 9.50. The van der Waals surface area contributed by atoms with Crippen LogP contribution in [-0.4, -0.2) is 46.9 Å². The van der Waals surface area contributed by atoms with E-state index in [9.17, 15) is 14.7 Å². The monoisotopic (exact) mass is 241 g/mol. The number of amides is 1. The Morgan fingerprint density at radius 3 is 3.12 bits per heavy atom. The Labute approximate surface area is 98.1 Å². The number of hydrogen-bond donors (Lipinski definition) is 2. The third-order valence-electron chi connectivity index (χ3n) is 1.99. The van der Waals surface area contributed by atoms with E-state index in [0.717, 1.165) is 0 Å². The lowest BCUT2D eigenvalue weighted by Crippen LogP contribution is -2.38. The summed E-state index contributed by atoms with van der Waals surface area (Å²) in [5, 5.41) is 11.8. The number of hydrogen-bond acceptors (Lipinski definition) is 5. The van der Waals surface area contributed by atoms with Crippen molar-refractivity contribution in [1.29, 1.82) is 0 Å². The van der Waals surface area contributed by atoms with Crippen LogP contribution in [0.15, 0.2) is 23.3 Å². The van der Waals surface area contributed by atoms with Crippen LogP contribution < -0.4 is 11.0 Å². The first kappa shape index (κ1) is 13.3. The molecule has 1 rings (SSSR count). The molecule has 0 aromatic carbocycles. The van der Waals surface area contributed by atoms with Gasteiger partial charge in [-0.15, -0.1) is 0 Å². The first-order valence-electron chi connectivity index (χ1n) is 5.08. The number of aliphatic hydroxyl groups excluding tert-OH is 1. The first-order valence-corrected chi connectivity index (χ1v) is 5.08. The summed E-state index contributed by atoms with van der Waals surface area (Å²) in [5.74, 6) is -0.366. The van der Waals surface area contributed by atoms with E-state index in [0.29, 0.717) is 0 Å². The van der Waals surface area contributed by atoms with E-state index in [1.165, 1.54) is 24.1 Å². The highest BCUT2D eigenvalue weighted by Crippen LogP contribution is 1.83. The molecule has 7 heteroatoms. The standard InChI is InChI=1S/C10H15N3O4/c1-17-7-8(14)5-12-9(15)6-13-4-2-3-11-10(13)16/h2-4,8,14H,5-7H2,1H3,(H,12,15). The molecule has 1 amide bonds. The molecule has 0 radical (unpaired) electrons. The molecule has 17 heavy (non-hydrogen) atoms. The van der Waals surface area contributed by atoms with Gasteiger partial charge in [0.05, 0.1) is 12.7 Å². The summed E-state index contributed by atoms with van der Waals surface area (Å²) in [6, 6.07) is 1.56. The van der Waals surface area contributed by atoms with E-state index in [-0.39, 0.29) is 25.6 Å². The molecule has 94 valence electrons. The number of aromatic nitrogens is 2. The molecule has 1 aromatic heterocycles. The number of carbonyl (C=O) groups excluding carboxylic acids is 1. The first-order chi connectivity index (χ1) is 8.13. The second-order valence-corrected chi connectivity index (χ2v) is 3.44. The maximum Gasteiger partial charge on any atom is 0.347 e. The molecule has 2 N–H and O–H groups in total. The molecule has 0 aliphatic carbocycles. The van der Waals surface area contributed by atoms with Crippen LogP contribution in [0.3, 0.4) is 0 Å². The zero-order valence-electron chi connectivity index (χ0n) is 9.50. The van der Waals surface area contributed by atoms with Gasteiger partial charge in [0, 0.05) is 26.0 Å². The molecule has 1 atom stereocenters. The van der Waals surface area contributed by atoms with E-state index >= 15 is 0 Å². The number of nitrogens with one attached hydrogen (secondary N) is 1. The van der Waals surface area contributed by atoms with Crippen molar-refractivity contribution in [3.05, 3.63) is 28.9 Å². The Balaban J connectivity index is 2.40. The molecule has 0 spiro atoms. The minimum Gasteiger partial charge on any atom is -0.389 e. The predicted molar refractivity (Wildman–Crippen MR) is 59.4 cm³/mol. The van der Waals surface area contributed by atoms with Crippen molar-refractivity contribution in [2.45, 2.75) is 12.6 Å². The fourth-order valence-electron chi connectivity index (χ4n) is 1.20. The number of methoxy groups -OCH3 is 1. The molecule has 0 aliphatic heterocycles. The quantitative estimate of drug-likeness (QED) is 0.623. The second-order valence-electron chi connectivity index (χ2n) is 3.44. The molecular formula is C10H15N3O4. The molecule has 0 saturated heterocycles. The van der Waals surface area contributed by atoms with Crippen molar-refractivity contribution in [1.82, 2.24) is 14.9 Å². The third kappa shape index (κ3) is 4.75. The van der Waals surface area contributed by atoms with Gasteiger partial charge in [-0.25, -0.2) is 9.78 Å². The molecule has 0 fully saturated rings. The minimum atomic E-state index is -0.755. The largest absolute Gasteiger partial charge is 0.389 e. The Morgan fingerprint density at radius 1 is 1.71 bits per heavy atom. The van der Waals surface area contributed by atoms with Crippen molar-refractivity contribution < 1.29 is 14.6 Å². The fourth-order valence-corrected chi connectivity index (χ4v) is 1.20. The molecular weight excluding hydrogens is 226 g/mol. The number of rotatable bonds is 6.